The van der Waals surface area contributed by atoms with Crippen LogP contribution in [0.5, 0.6) is 0 Å². The minimum Gasteiger partial charge on any atom is -0.350 e. The van der Waals surface area contributed by atoms with E-state index in [2.05, 4.69) is 15.6 Å². The fraction of sp³-hybridized carbons (Fsp3) is 0.600. The third-order valence-electron chi connectivity index (χ3n) is 2.86. The molecule has 0 saturated heterocycles. The zero-order chi connectivity index (χ0) is 15.3. The van der Waals surface area contributed by atoms with Gasteiger partial charge in [-0.2, -0.15) is 0 Å². The zero-order valence-corrected chi connectivity index (χ0v) is 12.8. The van der Waals surface area contributed by atoms with Crippen LogP contribution in [-0.2, 0) is 4.79 Å². The van der Waals surface area contributed by atoms with Gasteiger partial charge in [-0.3, -0.25) is 15.1 Å². The fourth-order valence-electron chi connectivity index (χ4n) is 1.86. The summed E-state index contributed by atoms with van der Waals surface area (Å²) in [6.45, 7) is 9.63. The van der Waals surface area contributed by atoms with Gasteiger partial charge in [0.15, 0.2) is 0 Å². The van der Waals surface area contributed by atoms with Crippen molar-refractivity contribution in [2.24, 2.45) is 0 Å². The van der Waals surface area contributed by atoms with E-state index in [9.17, 15) is 9.18 Å². The van der Waals surface area contributed by atoms with E-state index in [-0.39, 0.29) is 29.3 Å². The first-order valence-electron chi connectivity index (χ1n) is 6.92. The topological polar surface area (TPSA) is 54.0 Å². The van der Waals surface area contributed by atoms with E-state index < -0.39 is 0 Å². The van der Waals surface area contributed by atoms with Crippen LogP contribution >= 0.6 is 0 Å². The first-order valence-corrected chi connectivity index (χ1v) is 6.92. The fourth-order valence-corrected chi connectivity index (χ4v) is 1.86. The molecule has 20 heavy (non-hydrogen) atoms. The van der Waals surface area contributed by atoms with E-state index in [1.165, 1.54) is 12.3 Å². The van der Waals surface area contributed by atoms with Gasteiger partial charge >= 0.3 is 0 Å². The number of hydrogen-bond donors (Lipinski definition) is 2. The molecule has 4 nitrogen and oxygen atoms in total. The molecule has 1 aromatic heterocycles. The number of aromatic nitrogens is 1. The minimum atomic E-state index is -0.359. The SMILES string of the molecule is CCC(NC(C)C(=O)NC(C)(C)C)c1ccc(F)cn1. The molecule has 0 aromatic carbocycles. The van der Waals surface area contributed by atoms with Crippen LogP contribution < -0.4 is 10.6 Å². The quantitative estimate of drug-likeness (QED) is 0.872. The largest absolute Gasteiger partial charge is 0.350 e. The highest BCUT2D eigenvalue weighted by Crippen LogP contribution is 2.15. The van der Waals surface area contributed by atoms with Crippen LogP contribution in [0.2, 0.25) is 0 Å². The molecule has 5 heteroatoms. The Morgan fingerprint density at radius 1 is 1.40 bits per heavy atom. The molecule has 0 spiro atoms. The second-order valence-corrected chi connectivity index (χ2v) is 5.99. The van der Waals surface area contributed by atoms with Gasteiger partial charge in [0.1, 0.15) is 5.82 Å². The summed E-state index contributed by atoms with van der Waals surface area (Å²) in [7, 11) is 0. The van der Waals surface area contributed by atoms with Crippen LogP contribution in [0.1, 0.15) is 52.8 Å². The van der Waals surface area contributed by atoms with Gasteiger partial charge in [-0.1, -0.05) is 6.92 Å². The molecule has 1 rings (SSSR count). The van der Waals surface area contributed by atoms with Gasteiger partial charge in [-0.25, -0.2) is 4.39 Å². The number of amides is 1. The summed E-state index contributed by atoms with van der Waals surface area (Å²) in [6.07, 6.45) is 1.96. The molecule has 0 aliphatic heterocycles. The van der Waals surface area contributed by atoms with E-state index in [0.717, 1.165) is 12.1 Å². The first-order chi connectivity index (χ1) is 9.23. The number of nitrogens with zero attached hydrogens (tertiary/aromatic N) is 1. The molecule has 0 saturated carbocycles. The monoisotopic (exact) mass is 281 g/mol. The molecule has 112 valence electrons. The molecule has 1 heterocycles. The summed E-state index contributed by atoms with van der Waals surface area (Å²) in [4.78, 5) is 16.1. The predicted molar refractivity (Wildman–Crippen MR) is 77.7 cm³/mol. The van der Waals surface area contributed by atoms with Crippen LogP contribution in [0.15, 0.2) is 18.3 Å². The van der Waals surface area contributed by atoms with Gasteiger partial charge in [0, 0.05) is 11.6 Å². The van der Waals surface area contributed by atoms with Crippen molar-refractivity contribution in [3.05, 3.63) is 29.8 Å². The van der Waals surface area contributed by atoms with Gasteiger partial charge in [0.2, 0.25) is 5.91 Å². The lowest BCUT2D eigenvalue weighted by Gasteiger charge is -2.26. The van der Waals surface area contributed by atoms with E-state index >= 15 is 0 Å². The van der Waals surface area contributed by atoms with Crippen LogP contribution in [0.25, 0.3) is 0 Å². The molecular formula is C15H24FN3O. The summed E-state index contributed by atoms with van der Waals surface area (Å²) < 4.78 is 12.9. The molecule has 0 aliphatic rings. The highest BCUT2D eigenvalue weighted by atomic mass is 19.1. The zero-order valence-electron chi connectivity index (χ0n) is 12.8. The molecule has 1 aromatic rings. The average molecular weight is 281 g/mol. The molecule has 2 atom stereocenters. The number of carbonyl (C=O) groups excluding carboxylic acids is 1. The Balaban J connectivity index is 2.68. The number of halogens is 1. The Bertz CT molecular complexity index is 439. The van der Waals surface area contributed by atoms with Crippen molar-refractivity contribution in [3.8, 4) is 0 Å². The summed E-state index contributed by atoms with van der Waals surface area (Å²) in [5.74, 6) is -0.416. The maximum atomic E-state index is 12.9. The lowest BCUT2D eigenvalue weighted by atomic mass is 10.1. The molecule has 2 N–H and O–H groups in total. The number of pyridine rings is 1. The van der Waals surface area contributed by atoms with Crippen LogP contribution in [0.3, 0.4) is 0 Å². The van der Waals surface area contributed by atoms with Crippen molar-refractivity contribution in [1.82, 2.24) is 15.6 Å². The Labute approximate surface area is 120 Å². The number of nitrogens with one attached hydrogen (secondary N) is 2. The van der Waals surface area contributed by atoms with Crippen molar-refractivity contribution in [2.45, 2.75) is 58.7 Å². The molecule has 2 unspecified atom stereocenters. The Hall–Kier alpha value is -1.49. The van der Waals surface area contributed by atoms with Crippen molar-refractivity contribution >= 4 is 5.91 Å². The van der Waals surface area contributed by atoms with E-state index in [4.69, 9.17) is 0 Å². The Kier molecular flexibility index (Phi) is 5.62. The normalized spacial score (nSPS) is 14.7. The third kappa shape index (κ3) is 5.25. The molecule has 0 aliphatic carbocycles. The van der Waals surface area contributed by atoms with E-state index in [1.54, 1.807) is 6.07 Å². The standard InChI is InChI=1S/C15H24FN3O/c1-6-12(13-8-7-11(16)9-17-13)18-10(2)14(20)19-15(3,4)5/h7-10,12,18H,6H2,1-5H3,(H,19,20). The summed E-state index contributed by atoms with van der Waals surface area (Å²) >= 11 is 0. The average Bonchev–Trinajstić information content (AvgIpc) is 2.34. The molecule has 0 radical (unpaired) electrons. The smallest absolute Gasteiger partial charge is 0.237 e. The summed E-state index contributed by atoms with van der Waals surface area (Å²) in [5, 5.41) is 6.15. The highest BCUT2D eigenvalue weighted by molar-refractivity contribution is 5.81. The van der Waals surface area contributed by atoms with Crippen LogP contribution in [0.4, 0.5) is 4.39 Å². The molecule has 0 bridgehead atoms. The second kappa shape index (κ2) is 6.79. The Morgan fingerprint density at radius 3 is 2.50 bits per heavy atom. The van der Waals surface area contributed by atoms with Crippen LogP contribution in [-0.4, -0.2) is 22.5 Å². The van der Waals surface area contributed by atoms with Gasteiger partial charge < -0.3 is 5.32 Å². The van der Waals surface area contributed by atoms with Gasteiger partial charge in [0.25, 0.3) is 0 Å². The van der Waals surface area contributed by atoms with Gasteiger partial charge in [0.05, 0.1) is 17.9 Å². The molecule has 1 amide bonds. The lowest BCUT2D eigenvalue weighted by Crippen LogP contribution is -2.50. The van der Waals surface area contributed by atoms with E-state index in [0.29, 0.717) is 0 Å². The van der Waals surface area contributed by atoms with Crippen molar-refractivity contribution in [1.29, 1.82) is 0 Å². The summed E-state index contributed by atoms with van der Waals surface area (Å²) in [5.41, 5.74) is 0.479. The maximum Gasteiger partial charge on any atom is 0.237 e. The second-order valence-electron chi connectivity index (χ2n) is 5.99. The number of hydrogen-bond acceptors (Lipinski definition) is 3. The van der Waals surface area contributed by atoms with Gasteiger partial charge in [-0.05, 0) is 46.2 Å². The van der Waals surface area contributed by atoms with Crippen molar-refractivity contribution in [2.75, 3.05) is 0 Å². The molecular weight excluding hydrogens is 257 g/mol. The summed E-state index contributed by atoms with van der Waals surface area (Å²) in [6, 6.07) is 2.61. The highest BCUT2D eigenvalue weighted by Gasteiger charge is 2.22. The first kappa shape index (κ1) is 16.6. The predicted octanol–water partition coefficient (Wildman–Crippen LogP) is 2.56. The Morgan fingerprint density at radius 2 is 2.05 bits per heavy atom. The van der Waals surface area contributed by atoms with Crippen molar-refractivity contribution in [3.63, 3.8) is 0 Å². The maximum absolute atomic E-state index is 12.9. The van der Waals surface area contributed by atoms with Crippen LogP contribution in [0, 0.1) is 5.82 Å². The third-order valence-corrected chi connectivity index (χ3v) is 2.86. The van der Waals surface area contributed by atoms with Gasteiger partial charge in [-0.15, -0.1) is 0 Å². The lowest BCUT2D eigenvalue weighted by molar-refractivity contribution is -0.124. The number of rotatable bonds is 5. The molecule has 0 fully saturated rings. The van der Waals surface area contributed by atoms with E-state index in [1.807, 2.05) is 34.6 Å². The minimum absolute atomic E-state index is 0.0574. The number of carbonyl (C=O) groups is 1. The van der Waals surface area contributed by atoms with Crippen molar-refractivity contribution < 1.29 is 9.18 Å².